The molecule has 0 aliphatic carbocycles. The van der Waals surface area contributed by atoms with Crippen LogP contribution in [0, 0.1) is 13.8 Å². The van der Waals surface area contributed by atoms with Crippen LogP contribution in [0.15, 0.2) is 40.9 Å². The minimum Gasteiger partial charge on any atom is -0.379 e. The maximum Gasteiger partial charge on any atom is 0.329 e. The van der Waals surface area contributed by atoms with E-state index < -0.39 is 17.7 Å². The van der Waals surface area contributed by atoms with Gasteiger partial charge in [-0.25, -0.2) is 4.79 Å². The molecule has 0 unspecified atom stereocenters. The molecule has 2 heterocycles. The molecule has 1 atom stereocenters. The number of anilines is 2. The number of morpholine rings is 1. The van der Waals surface area contributed by atoms with Gasteiger partial charge in [0.05, 0.1) is 18.9 Å². The van der Waals surface area contributed by atoms with Crippen molar-refractivity contribution in [3.05, 3.63) is 57.6 Å². The number of benzene rings is 2. The third kappa shape index (κ3) is 4.77. The first kappa shape index (κ1) is 23.7. The summed E-state index contributed by atoms with van der Waals surface area (Å²) in [7, 11) is 0. The molecule has 0 saturated carbocycles. The van der Waals surface area contributed by atoms with Crippen molar-refractivity contribution in [2.75, 3.05) is 49.6 Å². The van der Waals surface area contributed by atoms with Crippen LogP contribution in [0.1, 0.15) is 23.1 Å². The Morgan fingerprint density at radius 2 is 1.94 bits per heavy atom. The van der Waals surface area contributed by atoms with E-state index in [-0.39, 0.29) is 0 Å². The van der Waals surface area contributed by atoms with Gasteiger partial charge >= 0.3 is 6.03 Å². The summed E-state index contributed by atoms with van der Waals surface area (Å²) in [6, 6.07) is 9.93. The number of amides is 3. The number of nitrogens with zero attached hydrogens (tertiary/aromatic N) is 2. The molecule has 2 aromatic rings. The van der Waals surface area contributed by atoms with Crippen LogP contribution in [0.4, 0.5) is 16.2 Å². The molecule has 176 valence electrons. The number of rotatable bonds is 6. The van der Waals surface area contributed by atoms with Gasteiger partial charge in [0.15, 0.2) is 0 Å². The van der Waals surface area contributed by atoms with Gasteiger partial charge in [-0.2, -0.15) is 0 Å². The second kappa shape index (κ2) is 9.80. The van der Waals surface area contributed by atoms with Gasteiger partial charge in [0, 0.05) is 35.4 Å². The number of ether oxygens (including phenoxy) is 1. The third-order valence-electron chi connectivity index (χ3n) is 6.23. The second-order valence-corrected chi connectivity index (χ2v) is 9.38. The fraction of sp³-hybridized carbons (Fsp3) is 0.417. The zero-order valence-corrected chi connectivity index (χ0v) is 20.4. The molecule has 33 heavy (non-hydrogen) atoms. The lowest BCUT2D eigenvalue weighted by molar-refractivity contribution is -0.140. The van der Waals surface area contributed by atoms with Crippen LogP contribution in [0.25, 0.3) is 0 Å². The van der Waals surface area contributed by atoms with Crippen molar-refractivity contribution in [1.29, 1.82) is 0 Å². The zero-order valence-electron chi connectivity index (χ0n) is 18.9. The first-order chi connectivity index (χ1) is 15.8. The van der Waals surface area contributed by atoms with Gasteiger partial charge in [-0.1, -0.05) is 22.0 Å². The molecular weight excluding hydrogens is 488 g/mol. The van der Waals surface area contributed by atoms with Crippen LogP contribution in [0.2, 0.25) is 0 Å². The predicted molar refractivity (Wildman–Crippen MR) is 130 cm³/mol. The van der Waals surface area contributed by atoms with Crippen LogP contribution < -0.4 is 15.5 Å². The van der Waals surface area contributed by atoms with Crippen molar-refractivity contribution in [2.24, 2.45) is 0 Å². The van der Waals surface area contributed by atoms with Crippen LogP contribution in [-0.4, -0.2) is 61.3 Å². The lowest BCUT2D eigenvalue weighted by atomic mass is 9.94. The third-order valence-corrected chi connectivity index (χ3v) is 6.72. The standard InChI is InChI=1S/C24H29BrN4O4/c1-16-4-6-19(14-17(16)2)29-23(31)27-21-7-5-18(25)15-20(21)24(29,32)22(30)26-8-3-9-28-10-12-33-13-11-28/h4-7,14-15,32H,3,8-13H2,1-2H3,(H,26,30)(H,27,31)/t24-/m1/s1. The molecule has 0 spiro atoms. The molecule has 1 saturated heterocycles. The summed E-state index contributed by atoms with van der Waals surface area (Å²) in [5.41, 5.74) is 0.938. The van der Waals surface area contributed by atoms with Crippen molar-refractivity contribution < 1.29 is 19.4 Å². The lowest BCUT2D eigenvalue weighted by Crippen LogP contribution is -2.62. The summed E-state index contributed by atoms with van der Waals surface area (Å²) in [5.74, 6) is -0.642. The zero-order chi connectivity index (χ0) is 23.6. The van der Waals surface area contributed by atoms with Gasteiger partial charge in [0.1, 0.15) is 0 Å². The first-order valence-corrected chi connectivity index (χ1v) is 11.9. The van der Waals surface area contributed by atoms with Crippen molar-refractivity contribution in [3.63, 3.8) is 0 Å². The van der Waals surface area contributed by atoms with Crippen LogP contribution in [0.3, 0.4) is 0 Å². The lowest BCUT2D eigenvalue weighted by Gasteiger charge is -2.43. The minimum absolute atomic E-state index is 0.306. The molecule has 2 aromatic carbocycles. The number of urea groups is 1. The Kier molecular flexibility index (Phi) is 7.04. The van der Waals surface area contributed by atoms with E-state index in [9.17, 15) is 14.7 Å². The highest BCUT2D eigenvalue weighted by atomic mass is 79.9. The molecule has 0 radical (unpaired) electrons. The highest BCUT2D eigenvalue weighted by Gasteiger charge is 2.52. The van der Waals surface area contributed by atoms with Crippen LogP contribution in [-0.2, 0) is 15.3 Å². The number of aryl methyl sites for hydroxylation is 2. The molecule has 1 fully saturated rings. The van der Waals surface area contributed by atoms with Crippen LogP contribution in [0.5, 0.6) is 0 Å². The van der Waals surface area contributed by atoms with Crippen molar-refractivity contribution >= 4 is 39.2 Å². The summed E-state index contributed by atoms with van der Waals surface area (Å²) in [6.45, 7) is 8.29. The second-order valence-electron chi connectivity index (χ2n) is 8.46. The number of fused-ring (bicyclic) bond motifs is 1. The summed E-state index contributed by atoms with van der Waals surface area (Å²) in [5, 5.41) is 17.6. The minimum atomic E-state index is -2.21. The number of halogens is 1. The Bertz CT molecular complexity index is 1060. The quantitative estimate of drug-likeness (QED) is 0.513. The van der Waals surface area contributed by atoms with E-state index >= 15 is 0 Å². The Morgan fingerprint density at radius 3 is 2.67 bits per heavy atom. The molecule has 3 amide bonds. The van der Waals surface area contributed by atoms with E-state index in [0.29, 0.717) is 28.0 Å². The number of nitrogens with one attached hydrogen (secondary N) is 2. The van der Waals surface area contributed by atoms with E-state index in [1.165, 1.54) is 0 Å². The normalized spacial score (nSPS) is 20.8. The average molecular weight is 517 g/mol. The van der Waals surface area contributed by atoms with E-state index in [2.05, 4.69) is 31.5 Å². The van der Waals surface area contributed by atoms with Gasteiger partial charge in [0.25, 0.3) is 11.6 Å². The Morgan fingerprint density at radius 1 is 1.18 bits per heavy atom. The average Bonchev–Trinajstić information content (AvgIpc) is 2.80. The number of hydrogen-bond acceptors (Lipinski definition) is 5. The molecular formula is C24H29BrN4O4. The van der Waals surface area contributed by atoms with E-state index in [1.54, 1.807) is 30.3 Å². The van der Waals surface area contributed by atoms with Gasteiger partial charge < -0.3 is 20.5 Å². The van der Waals surface area contributed by atoms with Crippen LogP contribution >= 0.6 is 15.9 Å². The van der Waals surface area contributed by atoms with Gasteiger partial charge in [-0.3, -0.25) is 14.6 Å². The molecule has 4 rings (SSSR count). The maximum absolute atomic E-state index is 13.5. The Hall–Kier alpha value is -2.46. The number of hydrogen-bond donors (Lipinski definition) is 3. The highest BCUT2D eigenvalue weighted by Crippen LogP contribution is 2.41. The fourth-order valence-corrected chi connectivity index (χ4v) is 4.56. The van der Waals surface area contributed by atoms with Crippen molar-refractivity contribution in [2.45, 2.75) is 26.0 Å². The topological polar surface area (TPSA) is 94.1 Å². The molecule has 2 aliphatic rings. The summed E-state index contributed by atoms with van der Waals surface area (Å²) in [6.07, 6.45) is 0.725. The molecule has 0 aromatic heterocycles. The van der Waals surface area contributed by atoms with Gasteiger partial charge in [-0.15, -0.1) is 0 Å². The summed E-state index contributed by atoms with van der Waals surface area (Å²) < 4.78 is 6.06. The Labute approximate surface area is 202 Å². The molecule has 2 aliphatic heterocycles. The smallest absolute Gasteiger partial charge is 0.329 e. The molecule has 8 nitrogen and oxygen atoms in total. The number of carbonyl (C=O) groups excluding carboxylic acids is 2. The monoisotopic (exact) mass is 516 g/mol. The van der Waals surface area contributed by atoms with E-state index in [4.69, 9.17) is 4.74 Å². The largest absolute Gasteiger partial charge is 0.379 e. The van der Waals surface area contributed by atoms with Crippen molar-refractivity contribution in [1.82, 2.24) is 10.2 Å². The number of carbonyl (C=O) groups is 2. The number of aliphatic hydroxyl groups is 1. The fourth-order valence-electron chi connectivity index (χ4n) is 4.20. The molecule has 9 heteroatoms. The van der Waals surface area contributed by atoms with Gasteiger partial charge in [-0.05, 0) is 68.3 Å². The van der Waals surface area contributed by atoms with Crippen molar-refractivity contribution in [3.8, 4) is 0 Å². The molecule has 3 N–H and O–H groups in total. The van der Waals surface area contributed by atoms with E-state index in [1.807, 2.05) is 19.9 Å². The highest BCUT2D eigenvalue weighted by molar-refractivity contribution is 9.10. The Balaban J connectivity index is 1.62. The summed E-state index contributed by atoms with van der Waals surface area (Å²) >= 11 is 3.42. The van der Waals surface area contributed by atoms with Gasteiger partial charge in [0.2, 0.25) is 0 Å². The SMILES string of the molecule is Cc1ccc(N2C(=O)Nc3ccc(Br)cc3[C@@]2(O)C(=O)NCCCN2CCOCC2)cc1C. The maximum atomic E-state index is 13.5. The predicted octanol–water partition coefficient (Wildman–Crippen LogP) is 3.10. The molecule has 0 bridgehead atoms. The first-order valence-electron chi connectivity index (χ1n) is 11.1. The summed E-state index contributed by atoms with van der Waals surface area (Å²) in [4.78, 5) is 30.0. The van der Waals surface area contributed by atoms with E-state index in [0.717, 1.165) is 55.3 Å².